The van der Waals surface area contributed by atoms with Gasteiger partial charge in [-0.1, -0.05) is 6.92 Å². The number of nitrogens with one attached hydrogen (secondary N) is 1. The Morgan fingerprint density at radius 2 is 1.61 bits per heavy atom. The highest BCUT2D eigenvalue weighted by atomic mass is 16.4. The molecule has 2 N–H and O–H groups in total. The predicted octanol–water partition coefficient (Wildman–Crippen LogP) is 2.18. The van der Waals surface area contributed by atoms with E-state index in [4.69, 9.17) is 5.11 Å². The number of amides is 1. The first-order chi connectivity index (χ1) is 8.56. The van der Waals surface area contributed by atoms with Crippen LogP contribution < -0.4 is 5.32 Å². The summed E-state index contributed by atoms with van der Waals surface area (Å²) in [6.07, 6.45) is 6.41. The molecule has 2 aliphatic rings. The second-order valence-corrected chi connectivity index (χ2v) is 6.01. The van der Waals surface area contributed by atoms with Crippen LogP contribution in [0.1, 0.15) is 51.9 Å². The Labute approximate surface area is 108 Å². The van der Waals surface area contributed by atoms with Gasteiger partial charge in [-0.3, -0.25) is 9.59 Å². The summed E-state index contributed by atoms with van der Waals surface area (Å²) >= 11 is 0. The van der Waals surface area contributed by atoms with Crippen molar-refractivity contribution in [3.05, 3.63) is 0 Å². The van der Waals surface area contributed by atoms with Gasteiger partial charge in [-0.05, 0) is 50.9 Å². The monoisotopic (exact) mass is 253 g/mol. The lowest BCUT2D eigenvalue weighted by Gasteiger charge is -2.27. The Kier molecular flexibility index (Phi) is 4.25. The van der Waals surface area contributed by atoms with Gasteiger partial charge in [0.05, 0.1) is 5.92 Å². The van der Waals surface area contributed by atoms with Gasteiger partial charge < -0.3 is 10.4 Å². The van der Waals surface area contributed by atoms with Gasteiger partial charge >= 0.3 is 5.97 Å². The molecule has 2 saturated carbocycles. The van der Waals surface area contributed by atoms with Gasteiger partial charge in [0.25, 0.3) is 0 Å². The van der Waals surface area contributed by atoms with Crippen molar-refractivity contribution >= 4 is 11.9 Å². The first-order valence-corrected chi connectivity index (χ1v) is 7.09. The van der Waals surface area contributed by atoms with Crippen LogP contribution in [0.4, 0.5) is 0 Å². The van der Waals surface area contributed by atoms with Crippen molar-refractivity contribution in [1.82, 2.24) is 5.32 Å². The minimum Gasteiger partial charge on any atom is -0.481 e. The van der Waals surface area contributed by atoms with Crippen LogP contribution in [-0.4, -0.2) is 23.0 Å². The molecule has 18 heavy (non-hydrogen) atoms. The molecule has 0 aromatic rings. The minimum absolute atomic E-state index is 0.0783. The molecule has 0 aromatic heterocycles. The Hall–Kier alpha value is -1.06. The summed E-state index contributed by atoms with van der Waals surface area (Å²) in [6, 6.07) is 0.317. The number of carboxylic acid groups (broad SMARTS) is 1. The largest absolute Gasteiger partial charge is 0.481 e. The maximum atomic E-state index is 12.1. The van der Waals surface area contributed by atoms with Gasteiger partial charge in [-0.15, -0.1) is 0 Å². The van der Waals surface area contributed by atoms with E-state index < -0.39 is 5.97 Å². The molecule has 0 aromatic carbocycles. The van der Waals surface area contributed by atoms with Crippen molar-refractivity contribution in [3.8, 4) is 0 Å². The molecule has 102 valence electrons. The molecular formula is C14H23NO3. The van der Waals surface area contributed by atoms with E-state index in [0.717, 1.165) is 25.2 Å². The fourth-order valence-electron chi connectivity index (χ4n) is 3.17. The Balaban J connectivity index is 1.77. The lowest BCUT2D eigenvalue weighted by atomic mass is 9.87. The molecule has 0 bridgehead atoms. The van der Waals surface area contributed by atoms with E-state index in [0.29, 0.717) is 18.9 Å². The first kappa shape index (κ1) is 13.4. The van der Waals surface area contributed by atoms with Crippen LogP contribution in [0.2, 0.25) is 0 Å². The predicted molar refractivity (Wildman–Crippen MR) is 68.0 cm³/mol. The quantitative estimate of drug-likeness (QED) is 0.810. The van der Waals surface area contributed by atoms with E-state index in [2.05, 4.69) is 12.2 Å². The third kappa shape index (κ3) is 3.24. The smallest absolute Gasteiger partial charge is 0.306 e. The first-order valence-electron chi connectivity index (χ1n) is 7.09. The molecule has 2 aliphatic carbocycles. The summed E-state index contributed by atoms with van der Waals surface area (Å²) < 4.78 is 0. The maximum Gasteiger partial charge on any atom is 0.306 e. The van der Waals surface area contributed by atoms with Crippen molar-refractivity contribution < 1.29 is 14.7 Å². The standard InChI is InChI=1S/C14H23NO3/c1-9-2-6-12(7-3-9)15-13(16)10-4-5-11(8-10)14(17)18/h9-12H,2-8H2,1H3,(H,15,16)(H,17,18)/t9?,10-,11+,12?/m1/s1. The lowest BCUT2D eigenvalue weighted by molar-refractivity contribution is -0.141. The average molecular weight is 253 g/mol. The SMILES string of the molecule is CC1CCC(NC(=O)[C@@H]2CC[C@H](C(=O)O)C2)CC1. The molecule has 4 nitrogen and oxygen atoms in total. The van der Waals surface area contributed by atoms with Crippen molar-refractivity contribution in [1.29, 1.82) is 0 Å². The average Bonchev–Trinajstić information content (AvgIpc) is 2.81. The fourth-order valence-corrected chi connectivity index (χ4v) is 3.17. The van der Waals surface area contributed by atoms with Gasteiger partial charge in [0.2, 0.25) is 5.91 Å². The third-order valence-corrected chi connectivity index (χ3v) is 4.51. The van der Waals surface area contributed by atoms with E-state index >= 15 is 0 Å². The van der Waals surface area contributed by atoms with Crippen LogP contribution in [0, 0.1) is 17.8 Å². The molecule has 2 fully saturated rings. The van der Waals surface area contributed by atoms with Crippen LogP contribution in [0.25, 0.3) is 0 Å². The summed E-state index contributed by atoms with van der Waals surface area (Å²) in [5.41, 5.74) is 0. The van der Waals surface area contributed by atoms with Crippen LogP contribution in [0.3, 0.4) is 0 Å². The van der Waals surface area contributed by atoms with Crippen molar-refractivity contribution in [2.45, 2.75) is 57.9 Å². The van der Waals surface area contributed by atoms with Gasteiger partial charge in [0.1, 0.15) is 0 Å². The summed E-state index contributed by atoms with van der Waals surface area (Å²) in [5, 5.41) is 12.0. The Bertz CT molecular complexity index is 321. The van der Waals surface area contributed by atoms with Crippen molar-refractivity contribution in [3.63, 3.8) is 0 Å². The zero-order valence-corrected chi connectivity index (χ0v) is 11.0. The number of rotatable bonds is 3. The molecule has 2 rings (SSSR count). The van der Waals surface area contributed by atoms with Crippen LogP contribution in [0.15, 0.2) is 0 Å². The molecule has 0 heterocycles. The normalized spacial score (nSPS) is 36.3. The molecular weight excluding hydrogens is 230 g/mol. The van der Waals surface area contributed by atoms with Crippen molar-refractivity contribution in [2.75, 3.05) is 0 Å². The van der Waals surface area contributed by atoms with Gasteiger partial charge in [0, 0.05) is 12.0 Å². The second kappa shape index (κ2) is 5.72. The van der Waals surface area contributed by atoms with E-state index in [1.165, 1.54) is 12.8 Å². The minimum atomic E-state index is -0.753. The van der Waals surface area contributed by atoms with Crippen LogP contribution >= 0.6 is 0 Å². The topological polar surface area (TPSA) is 66.4 Å². The van der Waals surface area contributed by atoms with E-state index in [9.17, 15) is 9.59 Å². The van der Waals surface area contributed by atoms with E-state index in [1.807, 2.05) is 0 Å². The van der Waals surface area contributed by atoms with E-state index in [-0.39, 0.29) is 17.7 Å². The maximum absolute atomic E-state index is 12.1. The molecule has 4 heteroatoms. The number of carbonyl (C=O) groups excluding carboxylic acids is 1. The highest BCUT2D eigenvalue weighted by Crippen LogP contribution is 2.32. The zero-order chi connectivity index (χ0) is 13.1. The van der Waals surface area contributed by atoms with Crippen LogP contribution in [-0.2, 0) is 9.59 Å². The molecule has 0 saturated heterocycles. The highest BCUT2D eigenvalue weighted by Gasteiger charge is 2.34. The number of carboxylic acids is 1. The lowest BCUT2D eigenvalue weighted by Crippen LogP contribution is -2.40. The second-order valence-electron chi connectivity index (χ2n) is 6.01. The summed E-state index contributed by atoms with van der Waals surface area (Å²) in [4.78, 5) is 22.9. The zero-order valence-electron chi connectivity index (χ0n) is 11.0. The highest BCUT2D eigenvalue weighted by molar-refractivity contribution is 5.81. The third-order valence-electron chi connectivity index (χ3n) is 4.51. The molecule has 0 unspecified atom stereocenters. The Morgan fingerprint density at radius 1 is 1.00 bits per heavy atom. The summed E-state index contributed by atoms with van der Waals surface area (Å²) in [6.45, 7) is 2.26. The Morgan fingerprint density at radius 3 is 2.17 bits per heavy atom. The van der Waals surface area contributed by atoms with Crippen molar-refractivity contribution in [2.24, 2.45) is 17.8 Å². The number of hydrogen-bond acceptors (Lipinski definition) is 2. The molecule has 0 spiro atoms. The fraction of sp³-hybridized carbons (Fsp3) is 0.857. The molecule has 1 amide bonds. The number of carbonyl (C=O) groups is 2. The molecule has 2 atom stereocenters. The molecule has 0 radical (unpaired) electrons. The van der Waals surface area contributed by atoms with Gasteiger partial charge in [-0.2, -0.15) is 0 Å². The van der Waals surface area contributed by atoms with Gasteiger partial charge in [0.15, 0.2) is 0 Å². The number of hydrogen-bond donors (Lipinski definition) is 2. The molecule has 0 aliphatic heterocycles. The van der Waals surface area contributed by atoms with Crippen LogP contribution in [0.5, 0.6) is 0 Å². The van der Waals surface area contributed by atoms with E-state index in [1.54, 1.807) is 0 Å². The summed E-state index contributed by atoms with van der Waals surface area (Å²) in [5.74, 6) is -0.284. The van der Waals surface area contributed by atoms with Gasteiger partial charge in [-0.25, -0.2) is 0 Å². The number of aliphatic carboxylic acids is 1. The summed E-state index contributed by atoms with van der Waals surface area (Å²) in [7, 11) is 0.